The number of sulfonamides is 1. The standard InChI is InChI=1S/C21H20N2O3S/c1-15-8-6-13-20(16(15)2)23-27(25,26)19-12-7-9-17(14-19)21(24)22-18-10-4-3-5-11-18/h3-14,23H,1-2H3,(H,22,24). The molecule has 0 saturated carbocycles. The molecule has 0 saturated heterocycles. The Bertz CT molecular complexity index is 1080. The first-order valence-electron chi connectivity index (χ1n) is 8.42. The maximum absolute atomic E-state index is 12.8. The predicted molar refractivity (Wildman–Crippen MR) is 108 cm³/mol. The summed E-state index contributed by atoms with van der Waals surface area (Å²) in [4.78, 5) is 12.5. The fourth-order valence-corrected chi connectivity index (χ4v) is 3.76. The zero-order valence-corrected chi connectivity index (χ0v) is 15.9. The van der Waals surface area contributed by atoms with Crippen molar-refractivity contribution in [2.24, 2.45) is 0 Å². The Hall–Kier alpha value is -3.12. The van der Waals surface area contributed by atoms with E-state index in [1.165, 1.54) is 12.1 Å². The number of aryl methyl sites for hydroxylation is 1. The highest BCUT2D eigenvalue weighted by Gasteiger charge is 2.18. The van der Waals surface area contributed by atoms with Gasteiger partial charge in [0.2, 0.25) is 0 Å². The molecule has 5 nitrogen and oxygen atoms in total. The minimum Gasteiger partial charge on any atom is -0.322 e. The Balaban J connectivity index is 1.85. The molecule has 0 atom stereocenters. The van der Waals surface area contributed by atoms with Gasteiger partial charge in [-0.1, -0.05) is 36.4 Å². The van der Waals surface area contributed by atoms with Crippen LogP contribution in [0.2, 0.25) is 0 Å². The second-order valence-electron chi connectivity index (χ2n) is 6.20. The Kier molecular flexibility index (Phi) is 5.28. The average molecular weight is 380 g/mol. The van der Waals surface area contributed by atoms with E-state index in [4.69, 9.17) is 0 Å². The van der Waals surface area contributed by atoms with Gasteiger partial charge in [-0.3, -0.25) is 9.52 Å². The number of amides is 1. The molecule has 6 heteroatoms. The SMILES string of the molecule is Cc1cccc(NS(=O)(=O)c2cccc(C(=O)Nc3ccccc3)c2)c1C. The lowest BCUT2D eigenvalue weighted by atomic mass is 10.1. The van der Waals surface area contributed by atoms with Crippen molar-refractivity contribution in [3.8, 4) is 0 Å². The van der Waals surface area contributed by atoms with Gasteiger partial charge in [-0.25, -0.2) is 8.42 Å². The van der Waals surface area contributed by atoms with Crippen LogP contribution in [0.4, 0.5) is 11.4 Å². The fourth-order valence-electron chi connectivity index (χ4n) is 2.59. The minimum atomic E-state index is -3.81. The summed E-state index contributed by atoms with van der Waals surface area (Å²) in [5, 5.41) is 2.75. The van der Waals surface area contributed by atoms with Crippen LogP contribution in [0, 0.1) is 13.8 Å². The van der Waals surface area contributed by atoms with Crippen LogP contribution in [0.1, 0.15) is 21.5 Å². The molecule has 0 unspecified atom stereocenters. The van der Waals surface area contributed by atoms with E-state index in [1.54, 1.807) is 36.4 Å². The molecule has 3 aromatic rings. The van der Waals surface area contributed by atoms with E-state index >= 15 is 0 Å². The lowest BCUT2D eigenvalue weighted by Crippen LogP contribution is -2.16. The number of nitrogens with one attached hydrogen (secondary N) is 2. The lowest BCUT2D eigenvalue weighted by molar-refractivity contribution is 0.102. The van der Waals surface area contributed by atoms with Gasteiger partial charge in [-0.2, -0.15) is 0 Å². The highest BCUT2D eigenvalue weighted by molar-refractivity contribution is 7.92. The molecule has 0 heterocycles. The Morgan fingerprint density at radius 3 is 2.30 bits per heavy atom. The highest BCUT2D eigenvalue weighted by atomic mass is 32.2. The number of anilines is 2. The van der Waals surface area contributed by atoms with E-state index in [9.17, 15) is 13.2 Å². The van der Waals surface area contributed by atoms with E-state index in [2.05, 4.69) is 10.0 Å². The van der Waals surface area contributed by atoms with E-state index < -0.39 is 10.0 Å². The maximum Gasteiger partial charge on any atom is 0.261 e. The monoisotopic (exact) mass is 380 g/mol. The Morgan fingerprint density at radius 1 is 0.852 bits per heavy atom. The summed E-state index contributed by atoms with van der Waals surface area (Å²) in [6, 6.07) is 20.4. The molecule has 0 bridgehead atoms. The molecule has 0 spiro atoms. The van der Waals surface area contributed by atoms with Crippen molar-refractivity contribution in [3.05, 3.63) is 89.5 Å². The number of hydrogen-bond donors (Lipinski definition) is 2. The van der Waals surface area contributed by atoms with E-state index in [0.29, 0.717) is 11.4 Å². The van der Waals surface area contributed by atoms with Gasteiger partial charge in [-0.05, 0) is 61.4 Å². The van der Waals surface area contributed by atoms with Crippen LogP contribution in [0.5, 0.6) is 0 Å². The summed E-state index contributed by atoms with van der Waals surface area (Å²) in [7, 11) is -3.81. The molecule has 0 fully saturated rings. The number of benzene rings is 3. The van der Waals surface area contributed by atoms with Crippen molar-refractivity contribution in [2.45, 2.75) is 18.7 Å². The molecule has 138 valence electrons. The second kappa shape index (κ2) is 7.63. The van der Waals surface area contributed by atoms with Gasteiger partial charge in [0.05, 0.1) is 10.6 Å². The third kappa shape index (κ3) is 4.35. The molecule has 27 heavy (non-hydrogen) atoms. The third-order valence-corrected chi connectivity index (χ3v) is 5.65. The molecule has 0 aromatic heterocycles. The summed E-state index contributed by atoms with van der Waals surface area (Å²) in [6.07, 6.45) is 0. The van der Waals surface area contributed by atoms with Gasteiger partial charge in [0, 0.05) is 11.3 Å². The first-order valence-corrected chi connectivity index (χ1v) is 9.90. The zero-order chi connectivity index (χ0) is 19.4. The molecule has 3 aromatic carbocycles. The van der Waals surface area contributed by atoms with Gasteiger partial charge in [-0.15, -0.1) is 0 Å². The molecule has 3 rings (SSSR count). The van der Waals surface area contributed by atoms with E-state index in [0.717, 1.165) is 11.1 Å². The molecule has 0 aliphatic rings. The first kappa shape index (κ1) is 18.7. The molecule has 0 aliphatic carbocycles. The normalized spacial score (nSPS) is 11.0. The number of hydrogen-bond acceptors (Lipinski definition) is 3. The van der Waals surface area contributed by atoms with Crippen LogP contribution < -0.4 is 10.0 Å². The van der Waals surface area contributed by atoms with Crippen molar-refractivity contribution in [3.63, 3.8) is 0 Å². The maximum atomic E-state index is 12.8. The van der Waals surface area contributed by atoms with Gasteiger partial charge in [0.1, 0.15) is 0 Å². The van der Waals surface area contributed by atoms with Gasteiger partial charge in [0.25, 0.3) is 15.9 Å². The van der Waals surface area contributed by atoms with Crippen LogP contribution in [0.25, 0.3) is 0 Å². The first-order chi connectivity index (χ1) is 12.9. The van der Waals surface area contributed by atoms with Crippen molar-refractivity contribution >= 4 is 27.3 Å². The van der Waals surface area contributed by atoms with Gasteiger partial charge in [0.15, 0.2) is 0 Å². The third-order valence-electron chi connectivity index (χ3n) is 4.29. The largest absolute Gasteiger partial charge is 0.322 e. The van der Waals surface area contributed by atoms with Crippen LogP contribution in [0.3, 0.4) is 0 Å². The van der Waals surface area contributed by atoms with Crippen molar-refractivity contribution < 1.29 is 13.2 Å². The summed E-state index contributed by atoms with van der Waals surface area (Å²) in [5.74, 6) is -0.370. The van der Waals surface area contributed by atoms with Crippen molar-refractivity contribution in [1.29, 1.82) is 0 Å². The number of rotatable bonds is 5. The molecule has 2 N–H and O–H groups in total. The number of carbonyl (C=O) groups excluding carboxylic acids is 1. The minimum absolute atomic E-state index is 0.0316. The van der Waals surface area contributed by atoms with Crippen molar-refractivity contribution in [2.75, 3.05) is 10.0 Å². The summed E-state index contributed by atoms with van der Waals surface area (Å²) in [5.41, 5.74) is 3.28. The fraction of sp³-hybridized carbons (Fsp3) is 0.0952. The van der Waals surface area contributed by atoms with Crippen molar-refractivity contribution in [1.82, 2.24) is 0 Å². The average Bonchev–Trinajstić information content (AvgIpc) is 2.66. The van der Waals surface area contributed by atoms with Crippen LogP contribution >= 0.6 is 0 Å². The second-order valence-corrected chi connectivity index (χ2v) is 7.88. The van der Waals surface area contributed by atoms with Crippen LogP contribution in [-0.4, -0.2) is 14.3 Å². The van der Waals surface area contributed by atoms with E-state index in [-0.39, 0.29) is 16.4 Å². The van der Waals surface area contributed by atoms with Crippen LogP contribution in [0.15, 0.2) is 77.7 Å². The Morgan fingerprint density at radius 2 is 1.56 bits per heavy atom. The van der Waals surface area contributed by atoms with E-state index in [1.807, 2.05) is 38.1 Å². The topological polar surface area (TPSA) is 75.3 Å². The summed E-state index contributed by atoms with van der Waals surface area (Å²) in [6.45, 7) is 3.78. The van der Waals surface area contributed by atoms with Gasteiger partial charge < -0.3 is 5.32 Å². The summed E-state index contributed by atoms with van der Waals surface area (Å²) >= 11 is 0. The molecule has 0 aliphatic heterocycles. The summed E-state index contributed by atoms with van der Waals surface area (Å²) < 4.78 is 28.1. The highest BCUT2D eigenvalue weighted by Crippen LogP contribution is 2.22. The zero-order valence-electron chi connectivity index (χ0n) is 15.1. The molecule has 0 radical (unpaired) electrons. The number of carbonyl (C=O) groups is 1. The predicted octanol–water partition coefficient (Wildman–Crippen LogP) is 4.36. The molecular formula is C21H20N2O3S. The van der Waals surface area contributed by atoms with Gasteiger partial charge >= 0.3 is 0 Å². The van der Waals surface area contributed by atoms with Crippen LogP contribution in [-0.2, 0) is 10.0 Å². The quantitative estimate of drug-likeness (QED) is 0.691. The lowest BCUT2D eigenvalue weighted by Gasteiger charge is -2.13. The smallest absolute Gasteiger partial charge is 0.261 e. The number of para-hydroxylation sites is 1. The molecule has 1 amide bonds. The molecular weight excluding hydrogens is 360 g/mol. The Labute approximate surface area is 159 Å².